The highest BCUT2D eigenvalue weighted by Gasteiger charge is 2.46. The fourth-order valence-corrected chi connectivity index (χ4v) is 2.98. The first kappa shape index (κ1) is 15.1. The number of fused-ring (bicyclic) bond motifs is 1. The highest BCUT2D eigenvalue weighted by Crippen LogP contribution is 2.22. The predicted octanol–water partition coefficient (Wildman–Crippen LogP) is -2.55. The minimum atomic E-state index is -5.06. The minimum absolute atomic E-state index is 0.0782. The number of rotatable bonds is 2. The third-order valence-corrected chi connectivity index (χ3v) is 4.93. The Hall–Kier alpha value is -1.30. The van der Waals surface area contributed by atoms with Gasteiger partial charge in [-0.15, -0.1) is 0 Å². The van der Waals surface area contributed by atoms with Crippen LogP contribution in [-0.2, 0) is 20.2 Å². The van der Waals surface area contributed by atoms with E-state index in [4.69, 9.17) is 9.11 Å². The number of aliphatic hydroxyl groups is 2. The van der Waals surface area contributed by atoms with Crippen LogP contribution in [0.5, 0.6) is 0 Å². The molecule has 0 fully saturated rings. The normalized spacial score (nSPS) is 26.3. The van der Waals surface area contributed by atoms with Crippen LogP contribution < -0.4 is 10.4 Å². The van der Waals surface area contributed by atoms with Crippen LogP contribution in [0.4, 0.5) is 0 Å². The van der Waals surface area contributed by atoms with Crippen LogP contribution in [0.2, 0.25) is 0 Å². The molecule has 4 N–H and O–H groups in total. The van der Waals surface area contributed by atoms with Gasteiger partial charge in [0.05, 0.1) is 4.90 Å². The first-order chi connectivity index (χ1) is 8.95. The molecule has 2 unspecified atom stereocenters. The standard InChI is InChI=1S/C10H10O8S2/c11-9-4-6-1-2-8(19(13,14)15)3-7(6)5-10(9,12)20(16,17)18/h1-5,9,11-12H,(H,13,14,15)(H,16,17,18). The van der Waals surface area contributed by atoms with Crippen LogP contribution in [-0.4, -0.2) is 47.2 Å². The van der Waals surface area contributed by atoms with Crippen molar-refractivity contribution >= 4 is 32.4 Å². The molecule has 0 aromatic heterocycles. The summed E-state index contributed by atoms with van der Waals surface area (Å²) in [4.78, 5) is -3.51. The van der Waals surface area contributed by atoms with E-state index in [-0.39, 0.29) is 10.4 Å². The lowest BCUT2D eigenvalue weighted by atomic mass is 10.0. The lowest BCUT2D eigenvalue weighted by molar-refractivity contribution is 0.0596. The summed E-state index contributed by atoms with van der Waals surface area (Å²) in [5, 5.41) is 19.6. The third kappa shape index (κ3) is 2.37. The van der Waals surface area contributed by atoms with Gasteiger partial charge in [-0.05, 0) is 34.7 Å². The van der Waals surface area contributed by atoms with Crippen molar-refractivity contribution in [1.29, 1.82) is 0 Å². The zero-order chi connectivity index (χ0) is 15.3. The largest absolute Gasteiger partial charge is 0.384 e. The van der Waals surface area contributed by atoms with Crippen LogP contribution in [0.15, 0.2) is 23.1 Å². The summed E-state index contributed by atoms with van der Waals surface area (Å²) in [5.41, 5.74) is 0. The molecule has 2 rings (SSSR count). The molecular weight excluding hydrogens is 312 g/mol. The highest BCUT2D eigenvalue weighted by atomic mass is 32.2. The zero-order valence-corrected chi connectivity index (χ0v) is 11.3. The molecule has 0 amide bonds. The quantitative estimate of drug-likeness (QED) is 0.435. The second-order valence-corrected chi connectivity index (χ2v) is 7.27. The molecule has 8 nitrogen and oxygen atoms in total. The summed E-state index contributed by atoms with van der Waals surface area (Å²) in [6.45, 7) is 0. The van der Waals surface area contributed by atoms with Crippen LogP contribution in [0.1, 0.15) is 0 Å². The van der Waals surface area contributed by atoms with Gasteiger partial charge >= 0.3 is 10.1 Å². The molecule has 110 valence electrons. The van der Waals surface area contributed by atoms with Crippen molar-refractivity contribution in [3.63, 3.8) is 0 Å². The molecule has 1 aliphatic carbocycles. The fourth-order valence-electron chi connectivity index (χ4n) is 1.81. The predicted molar refractivity (Wildman–Crippen MR) is 66.9 cm³/mol. The lowest BCUT2D eigenvalue weighted by Gasteiger charge is -2.27. The van der Waals surface area contributed by atoms with Crippen LogP contribution >= 0.6 is 0 Å². The maximum absolute atomic E-state index is 11.1. The molecule has 0 spiro atoms. The second kappa shape index (κ2) is 4.35. The second-order valence-electron chi connectivity index (χ2n) is 4.25. The monoisotopic (exact) mass is 322 g/mol. The lowest BCUT2D eigenvalue weighted by Crippen LogP contribution is -2.52. The van der Waals surface area contributed by atoms with Crippen molar-refractivity contribution in [3.05, 3.63) is 28.6 Å². The van der Waals surface area contributed by atoms with Crippen molar-refractivity contribution in [2.24, 2.45) is 0 Å². The summed E-state index contributed by atoms with van der Waals surface area (Å²) in [5.74, 6) is 0. The summed E-state index contributed by atoms with van der Waals surface area (Å²) in [6.07, 6.45) is -0.380. The first-order valence-corrected chi connectivity index (χ1v) is 8.03. The zero-order valence-electron chi connectivity index (χ0n) is 9.70. The number of aliphatic hydroxyl groups excluding tert-OH is 1. The van der Waals surface area contributed by atoms with Crippen LogP contribution in [0, 0.1) is 0 Å². The van der Waals surface area contributed by atoms with Gasteiger partial charge in [-0.1, -0.05) is 6.07 Å². The molecule has 0 bridgehead atoms. The van der Waals surface area contributed by atoms with Gasteiger partial charge in [-0.25, -0.2) is 0 Å². The summed E-state index contributed by atoms with van der Waals surface area (Å²) in [6, 6.07) is 3.16. The molecule has 0 radical (unpaired) electrons. The molecule has 1 aromatic carbocycles. The van der Waals surface area contributed by atoms with Gasteiger partial charge < -0.3 is 10.2 Å². The number of hydrogen-bond acceptors (Lipinski definition) is 6. The molecule has 0 saturated heterocycles. The van der Waals surface area contributed by atoms with Gasteiger partial charge in [0, 0.05) is 0 Å². The highest BCUT2D eigenvalue weighted by molar-refractivity contribution is 7.87. The maximum Gasteiger partial charge on any atom is 0.301 e. The molecule has 2 atom stereocenters. The Balaban J connectivity index is 2.83. The average molecular weight is 322 g/mol. The van der Waals surface area contributed by atoms with E-state index in [2.05, 4.69) is 0 Å². The number of benzene rings is 1. The van der Waals surface area contributed by atoms with Gasteiger partial charge in [0.15, 0.2) is 0 Å². The van der Waals surface area contributed by atoms with E-state index in [1.165, 1.54) is 6.07 Å². The Morgan fingerprint density at radius 1 is 1.05 bits per heavy atom. The average Bonchev–Trinajstić information content (AvgIpc) is 2.27. The fraction of sp³-hybridized carbons (Fsp3) is 0.200. The maximum atomic E-state index is 11.1. The summed E-state index contributed by atoms with van der Waals surface area (Å²) in [7, 11) is -9.57. The molecule has 10 heteroatoms. The van der Waals surface area contributed by atoms with Crippen LogP contribution in [0.25, 0.3) is 12.2 Å². The summed E-state index contributed by atoms with van der Waals surface area (Å²) < 4.78 is 62.1. The van der Waals surface area contributed by atoms with Gasteiger partial charge in [0.2, 0.25) is 4.93 Å². The van der Waals surface area contributed by atoms with E-state index in [1.807, 2.05) is 0 Å². The smallest absolute Gasteiger partial charge is 0.301 e. The minimum Gasteiger partial charge on any atom is -0.384 e. The van der Waals surface area contributed by atoms with Gasteiger partial charge in [0.1, 0.15) is 6.10 Å². The van der Waals surface area contributed by atoms with E-state index in [9.17, 15) is 27.0 Å². The Morgan fingerprint density at radius 3 is 2.15 bits per heavy atom. The van der Waals surface area contributed by atoms with E-state index >= 15 is 0 Å². The van der Waals surface area contributed by atoms with Crippen molar-refractivity contribution in [1.82, 2.24) is 0 Å². The molecule has 0 aliphatic heterocycles. The molecular formula is C10H10O8S2. The van der Waals surface area contributed by atoms with Gasteiger partial charge in [0.25, 0.3) is 10.1 Å². The van der Waals surface area contributed by atoms with E-state index < -0.39 is 36.2 Å². The first-order valence-electron chi connectivity index (χ1n) is 5.15. The van der Waals surface area contributed by atoms with Crippen molar-refractivity contribution < 1.29 is 36.2 Å². The molecule has 1 aromatic rings. The van der Waals surface area contributed by atoms with Crippen LogP contribution in [0.3, 0.4) is 0 Å². The molecule has 20 heavy (non-hydrogen) atoms. The van der Waals surface area contributed by atoms with Gasteiger partial charge in [-0.2, -0.15) is 16.8 Å². The molecule has 0 heterocycles. The Morgan fingerprint density at radius 2 is 1.65 bits per heavy atom. The molecule has 1 aliphatic rings. The van der Waals surface area contributed by atoms with Crippen molar-refractivity contribution in [2.75, 3.05) is 0 Å². The summed E-state index contributed by atoms with van der Waals surface area (Å²) >= 11 is 0. The van der Waals surface area contributed by atoms with Crippen molar-refractivity contribution in [2.45, 2.75) is 15.9 Å². The van der Waals surface area contributed by atoms with E-state index in [0.717, 1.165) is 18.2 Å². The topological polar surface area (TPSA) is 149 Å². The Labute approximate surface area is 113 Å². The number of hydrogen-bond donors (Lipinski definition) is 4. The Kier molecular flexibility index (Phi) is 3.28. The van der Waals surface area contributed by atoms with Gasteiger partial charge in [-0.3, -0.25) is 9.11 Å². The third-order valence-electron chi connectivity index (χ3n) is 2.89. The molecule has 0 saturated carbocycles. The van der Waals surface area contributed by atoms with E-state index in [0.29, 0.717) is 6.08 Å². The van der Waals surface area contributed by atoms with E-state index in [1.54, 1.807) is 0 Å². The van der Waals surface area contributed by atoms with Crippen molar-refractivity contribution in [3.8, 4) is 0 Å². The Bertz CT molecular complexity index is 884. The SMILES string of the molecule is O=S(=O)(O)c1ccc2c(c1)=CC(O)(S(=O)(=O)O)C(O)C=2.